The van der Waals surface area contributed by atoms with Gasteiger partial charge in [-0.25, -0.2) is 0 Å². The Morgan fingerprint density at radius 1 is 0.559 bits per heavy atom. The largest absolute Gasteiger partial charge is 1.00 e. The molecule has 22 heteroatoms. The van der Waals surface area contributed by atoms with Gasteiger partial charge < -0.3 is 33.2 Å². The summed E-state index contributed by atoms with van der Waals surface area (Å²) in [6.07, 6.45) is 0. The van der Waals surface area contributed by atoms with Crippen LogP contribution < -0.4 is 68.7 Å². The van der Waals surface area contributed by atoms with Crippen molar-refractivity contribution in [1.82, 2.24) is 0 Å². The van der Waals surface area contributed by atoms with Gasteiger partial charge in [-0.1, -0.05) is 36.4 Å². The predicted molar refractivity (Wildman–Crippen MR) is 101 cm³/mol. The van der Waals surface area contributed by atoms with Gasteiger partial charge in [0, 0.05) is 9.17 Å². The molecule has 180 valence electrons. The van der Waals surface area contributed by atoms with Crippen molar-refractivity contribution in [3.63, 3.8) is 0 Å². The molecule has 6 N–H and O–H groups in total. The maximum Gasteiger partial charge on any atom is 1.00 e. The summed E-state index contributed by atoms with van der Waals surface area (Å²) >= 11 is 0. The molecular formula is C12H16Na2O15S2Si3. The zero-order valence-corrected chi connectivity index (χ0v) is 26.1. The first-order chi connectivity index (χ1) is 14.4. The summed E-state index contributed by atoms with van der Waals surface area (Å²) in [6, 6.07) is 14.8. The van der Waals surface area contributed by atoms with Gasteiger partial charge in [0.1, 0.15) is 0 Å². The molecule has 0 unspecified atom stereocenters. The van der Waals surface area contributed by atoms with Crippen LogP contribution in [-0.4, -0.2) is 72.6 Å². The Balaban J connectivity index is -0.000000110. The minimum atomic E-state index is -4.00. The van der Waals surface area contributed by atoms with E-state index in [4.69, 9.17) is 51.3 Å². The van der Waals surface area contributed by atoms with Gasteiger partial charge in [-0.05, 0) is 24.3 Å². The SMILES string of the molecule is O=S(=O)(O)c1ccccc1.O=S(=O)(O)c1ccccc1.O=[Si](O)O.O=[Si](O)O.O=[Si]([O-])[O-].[Na+].[Na+]. The van der Waals surface area contributed by atoms with Crippen LogP contribution in [0.1, 0.15) is 0 Å². The standard InChI is InChI=1S/2C6H6O3S.2Na.2H2O3Si.O3Si/c2*7-10(8,9)6-4-2-1-3-5-6;;;3*1-4(2)3/h2*1-5H,(H,7,8,9);;;2*1-2H;/q;;2*+1;;;-2. The van der Waals surface area contributed by atoms with Crippen LogP contribution in [0, 0.1) is 0 Å². The fourth-order valence-electron chi connectivity index (χ4n) is 1.18. The molecule has 0 aliphatic heterocycles. The summed E-state index contributed by atoms with van der Waals surface area (Å²) in [5, 5.41) is 0. The Morgan fingerprint density at radius 3 is 0.794 bits per heavy atom. The van der Waals surface area contributed by atoms with Crippen LogP contribution in [0.25, 0.3) is 0 Å². The van der Waals surface area contributed by atoms with Gasteiger partial charge in [-0.3, -0.25) is 18.0 Å². The van der Waals surface area contributed by atoms with Crippen LogP contribution in [0.2, 0.25) is 0 Å². The first kappa shape index (κ1) is 43.2. The molecule has 34 heavy (non-hydrogen) atoms. The fourth-order valence-corrected chi connectivity index (χ4v) is 2.19. The van der Waals surface area contributed by atoms with Crippen molar-refractivity contribution < 1.29 is 127 Å². The van der Waals surface area contributed by atoms with Gasteiger partial charge in [-0.15, -0.1) is 0 Å². The molecule has 0 aliphatic rings. The van der Waals surface area contributed by atoms with Crippen molar-refractivity contribution in [2.45, 2.75) is 9.79 Å². The second kappa shape index (κ2) is 23.8. The van der Waals surface area contributed by atoms with Gasteiger partial charge >= 0.3 is 77.5 Å². The summed E-state index contributed by atoms with van der Waals surface area (Å²) in [4.78, 5) is 45.5. The summed E-state index contributed by atoms with van der Waals surface area (Å²) in [5.74, 6) is 0. The first-order valence-electron chi connectivity index (χ1n) is 7.18. The normalized spacial score (nSPS) is 8.76. The summed E-state index contributed by atoms with van der Waals surface area (Å²) in [6.45, 7) is 0. The van der Waals surface area contributed by atoms with Crippen molar-refractivity contribution in [3.05, 3.63) is 60.7 Å². The van der Waals surface area contributed by atoms with Crippen molar-refractivity contribution in [3.8, 4) is 0 Å². The van der Waals surface area contributed by atoms with Gasteiger partial charge in [0.25, 0.3) is 20.2 Å². The molecular weight excluding hydrogens is 578 g/mol. The number of hydrogen-bond acceptors (Lipinski definition) is 9. The van der Waals surface area contributed by atoms with E-state index in [2.05, 4.69) is 0 Å². The second-order valence-electron chi connectivity index (χ2n) is 4.39. The van der Waals surface area contributed by atoms with E-state index < -0.39 is 47.7 Å². The molecule has 2 aromatic carbocycles. The van der Waals surface area contributed by atoms with Crippen molar-refractivity contribution in [1.29, 1.82) is 0 Å². The zero-order valence-electron chi connectivity index (χ0n) is 17.4. The molecule has 0 fully saturated rings. The maximum atomic E-state index is 10.4. The fraction of sp³-hybridized carbons (Fsp3) is 0. The molecule has 0 aromatic heterocycles. The topological polar surface area (TPSA) is 287 Å². The monoisotopic (exact) mass is 594 g/mol. The minimum Gasteiger partial charge on any atom is -0.672 e. The van der Waals surface area contributed by atoms with E-state index in [9.17, 15) is 16.8 Å². The van der Waals surface area contributed by atoms with Crippen LogP contribution in [0.3, 0.4) is 0 Å². The van der Waals surface area contributed by atoms with Gasteiger partial charge in [-0.2, -0.15) is 16.8 Å². The predicted octanol–water partition coefficient (Wildman–Crippen LogP) is -10.2. The molecule has 0 amide bonds. The van der Waals surface area contributed by atoms with E-state index in [1.807, 2.05) is 0 Å². The van der Waals surface area contributed by atoms with Crippen LogP contribution in [0.15, 0.2) is 70.5 Å². The quantitative estimate of drug-likeness (QED) is 0.139. The smallest absolute Gasteiger partial charge is 0.672 e. The Morgan fingerprint density at radius 2 is 0.706 bits per heavy atom. The van der Waals surface area contributed by atoms with E-state index in [0.29, 0.717) is 0 Å². The van der Waals surface area contributed by atoms with E-state index >= 15 is 0 Å². The molecule has 0 bridgehead atoms. The van der Waals surface area contributed by atoms with E-state index in [-0.39, 0.29) is 68.9 Å². The zero-order chi connectivity index (χ0) is 26.0. The number of rotatable bonds is 2. The third kappa shape index (κ3) is 38.4. The molecule has 2 aromatic rings. The molecule has 15 nitrogen and oxygen atoms in total. The average Bonchev–Trinajstić information content (AvgIpc) is 2.61. The minimum absolute atomic E-state index is 0. The Kier molecular flexibility index (Phi) is 30.3. The third-order valence-corrected chi connectivity index (χ3v) is 3.82. The van der Waals surface area contributed by atoms with Crippen molar-refractivity contribution >= 4 is 47.7 Å². The first-order valence-corrected chi connectivity index (χ1v) is 13.9. The number of benzene rings is 2. The van der Waals surface area contributed by atoms with E-state index in [0.717, 1.165) is 0 Å². The maximum absolute atomic E-state index is 10.4. The summed E-state index contributed by atoms with van der Waals surface area (Å²) in [7, 11) is -17.9. The van der Waals surface area contributed by atoms with Crippen LogP contribution in [-0.2, 0) is 33.6 Å². The third-order valence-electron chi connectivity index (χ3n) is 2.08. The Bertz CT molecular complexity index is 931. The van der Waals surface area contributed by atoms with Crippen LogP contribution >= 0.6 is 0 Å². The molecule has 0 atom stereocenters. The second-order valence-corrected chi connectivity index (χ2v) is 8.86. The van der Waals surface area contributed by atoms with Gasteiger partial charge in [0.05, 0.1) is 9.79 Å². The molecule has 0 saturated carbocycles. The number of hydrogen-bond donors (Lipinski definition) is 6. The van der Waals surface area contributed by atoms with Crippen molar-refractivity contribution in [2.24, 2.45) is 0 Å². The van der Waals surface area contributed by atoms with Crippen LogP contribution in [0.5, 0.6) is 0 Å². The molecule has 0 heterocycles. The molecule has 2 rings (SSSR count). The van der Waals surface area contributed by atoms with E-state index in [1.54, 1.807) is 36.4 Å². The molecule has 0 saturated heterocycles. The average molecular weight is 595 g/mol. The Labute approximate surface area is 243 Å². The molecule has 0 radical (unpaired) electrons. The summed E-state index contributed by atoms with van der Waals surface area (Å²) in [5.41, 5.74) is 0. The van der Waals surface area contributed by atoms with Crippen LogP contribution in [0.4, 0.5) is 0 Å². The molecule has 0 aliphatic carbocycles. The Hall–Kier alpha value is -0.889. The van der Waals surface area contributed by atoms with Crippen molar-refractivity contribution in [2.75, 3.05) is 0 Å². The van der Waals surface area contributed by atoms with Gasteiger partial charge in [0.15, 0.2) is 0 Å². The molecule has 0 spiro atoms. The summed E-state index contributed by atoms with van der Waals surface area (Å²) < 4.78 is 84.5. The van der Waals surface area contributed by atoms with Gasteiger partial charge in [0.2, 0.25) is 0 Å². The van der Waals surface area contributed by atoms with E-state index in [1.165, 1.54) is 24.3 Å².